The number of aryl methyl sites for hydroxylation is 1. The highest BCUT2D eigenvalue weighted by Gasteiger charge is 2.03. The molecule has 6 heteroatoms. The third-order valence-corrected chi connectivity index (χ3v) is 4.44. The van der Waals surface area contributed by atoms with E-state index in [-0.39, 0.29) is 0 Å². The van der Waals surface area contributed by atoms with Crippen LogP contribution in [0.25, 0.3) is 10.9 Å². The van der Waals surface area contributed by atoms with E-state index < -0.39 is 0 Å². The van der Waals surface area contributed by atoms with Gasteiger partial charge in [0.1, 0.15) is 0 Å². The number of fused-ring (bicyclic) bond motifs is 1. The van der Waals surface area contributed by atoms with E-state index >= 15 is 0 Å². The fraction of sp³-hybridized carbons (Fsp3) is 0.118. The van der Waals surface area contributed by atoms with E-state index in [0.29, 0.717) is 21.7 Å². The Morgan fingerprint density at radius 2 is 1.91 bits per heavy atom. The van der Waals surface area contributed by atoms with Crippen molar-refractivity contribution in [2.24, 2.45) is 0 Å². The van der Waals surface area contributed by atoms with Crippen molar-refractivity contribution in [2.75, 3.05) is 5.32 Å². The molecule has 3 rings (SSSR count). The van der Waals surface area contributed by atoms with Crippen LogP contribution in [0.3, 0.4) is 0 Å². The zero-order valence-corrected chi connectivity index (χ0v) is 14.7. The molecule has 0 bridgehead atoms. The highest BCUT2D eigenvalue weighted by atomic mass is 35.5. The number of hydrogen-bond acceptors (Lipinski definition) is 1. The van der Waals surface area contributed by atoms with Gasteiger partial charge in [0.05, 0.1) is 10.0 Å². The molecule has 1 aromatic heterocycles. The number of anilines is 1. The second-order valence-electron chi connectivity index (χ2n) is 5.31. The average Bonchev–Trinajstić information content (AvgIpc) is 2.88. The Morgan fingerprint density at radius 1 is 1.09 bits per heavy atom. The lowest BCUT2D eigenvalue weighted by atomic mass is 10.1. The first-order valence-corrected chi connectivity index (χ1v) is 8.26. The molecule has 0 unspecified atom stereocenters. The van der Waals surface area contributed by atoms with E-state index in [1.807, 2.05) is 13.0 Å². The quantitative estimate of drug-likeness (QED) is 0.555. The van der Waals surface area contributed by atoms with Gasteiger partial charge in [-0.15, -0.1) is 0 Å². The molecular formula is C17H15Cl2N3S. The molecule has 0 saturated heterocycles. The molecule has 0 amide bonds. The number of hydrogen-bond donors (Lipinski definition) is 3. The fourth-order valence-corrected chi connectivity index (χ4v) is 2.86. The van der Waals surface area contributed by atoms with Crippen LogP contribution in [0.2, 0.25) is 10.0 Å². The summed E-state index contributed by atoms with van der Waals surface area (Å²) in [6.45, 7) is 2.70. The average molecular weight is 364 g/mol. The molecule has 0 atom stereocenters. The smallest absolute Gasteiger partial charge is 0.171 e. The molecule has 0 aliphatic carbocycles. The first kappa shape index (κ1) is 16.1. The molecule has 118 valence electrons. The lowest BCUT2D eigenvalue weighted by Gasteiger charge is -2.11. The zero-order chi connectivity index (χ0) is 16.4. The van der Waals surface area contributed by atoms with Crippen molar-refractivity contribution in [3.63, 3.8) is 0 Å². The minimum Gasteiger partial charge on any atom is -0.359 e. The summed E-state index contributed by atoms with van der Waals surface area (Å²) in [5.41, 5.74) is 4.26. The second kappa shape index (κ2) is 6.79. The number of nitrogens with one attached hydrogen (secondary N) is 3. The third-order valence-electron chi connectivity index (χ3n) is 3.45. The summed E-state index contributed by atoms with van der Waals surface area (Å²) in [6.07, 6.45) is 0. The van der Waals surface area contributed by atoms with Gasteiger partial charge in [-0.3, -0.25) is 0 Å². The summed E-state index contributed by atoms with van der Waals surface area (Å²) < 4.78 is 0. The van der Waals surface area contributed by atoms with Gasteiger partial charge in [-0.05, 0) is 66.5 Å². The Hall–Kier alpha value is -1.75. The number of aromatic nitrogens is 1. The number of aromatic amines is 1. The standard InChI is InChI=1S/C17H15Cl2N3S/c1-10-6-12-7-11(2-5-16(12)21-10)9-20-17(23)22-13-3-4-14(18)15(19)8-13/h2-8,21H,9H2,1H3,(H2,20,22,23). The first-order chi connectivity index (χ1) is 11.0. The van der Waals surface area contributed by atoms with Crippen LogP contribution in [0, 0.1) is 6.92 Å². The second-order valence-corrected chi connectivity index (χ2v) is 6.53. The zero-order valence-electron chi connectivity index (χ0n) is 12.4. The molecule has 0 spiro atoms. The molecule has 0 saturated carbocycles. The van der Waals surface area contributed by atoms with Gasteiger partial charge in [-0.25, -0.2) is 0 Å². The molecule has 3 N–H and O–H groups in total. The topological polar surface area (TPSA) is 39.8 Å². The van der Waals surface area contributed by atoms with E-state index in [1.165, 1.54) is 5.39 Å². The van der Waals surface area contributed by atoms with E-state index in [2.05, 4.69) is 39.9 Å². The number of thiocarbonyl (C=S) groups is 1. The molecule has 3 aromatic rings. The van der Waals surface area contributed by atoms with Crippen LogP contribution < -0.4 is 10.6 Å². The first-order valence-electron chi connectivity index (χ1n) is 7.09. The fourth-order valence-electron chi connectivity index (χ4n) is 2.37. The summed E-state index contributed by atoms with van der Waals surface area (Å²) >= 11 is 17.2. The lowest BCUT2D eigenvalue weighted by molar-refractivity contribution is 0.928. The predicted octanol–water partition coefficient (Wildman–Crippen LogP) is 5.27. The Labute approximate surface area is 150 Å². The molecule has 3 nitrogen and oxygen atoms in total. The molecule has 0 aliphatic rings. The summed E-state index contributed by atoms with van der Waals surface area (Å²) in [5.74, 6) is 0. The van der Waals surface area contributed by atoms with Crippen LogP contribution in [0.4, 0.5) is 5.69 Å². The van der Waals surface area contributed by atoms with Gasteiger partial charge in [0.2, 0.25) is 0 Å². The number of rotatable bonds is 3. The van der Waals surface area contributed by atoms with Crippen LogP contribution in [-0.4, -0.2) is 10.1 Å². The van der Waals surface area contributed by atoms with E-state index in [4.69, 9.17) is 35.4 Å². The van der Waals surface area contributed by atoms with Crippen molar-refractivity contribution in [2.45, 2.75) is 13.5 Å². The summed E-state index contributed by atoms with van der Waals surface area (Å²) in [5, 5.41) is 9.03. The predicted molar refractivity (Wildman–Crippen MR) is 103 cm³/mol. The van der Waals surface area contributed by atoms with Gasteiger partial charge in [-0.2, -0.15) is 0 Å². The van der Waals surface area contributed by atoms with Crippen molar-refractivity contribution in [3.8, 4) is 0 Å². The number of H-pyrrole nitrogens is 1. The number of benzene rings is 2. The van der Waals surface area contributed by atoms with Gasteiger partial charge >= 0.3 is 0 Å². The Kier molecular flexibility index (Phi) is 4.76. The molecule has 23 heavy (non-hydrogen) atoms. The molecule has 2 aromatic carbocycles. The van der Waals surface area contributed by atoms with Gasteiger partial charge < -0.3 is 15.6 Å². The lowest BCUT2D eigenvalue weighted by Crippen LogP contribution is -2.27. The minimum absolute atomic E-state index is 0.493. The van der Waals surface area contributed by atoms with Crippen LogP contribution >= 0.6 is 35.4 Å². The van der Waals surface area contributed by atoms with Crippen molar-refractivity contribution >= 4 is 57.1 Å². The van der Waals surface area contributed by atoms with E-state index in [9.17, 15) is 0 Å². The Bertz CT molecular complexity index is 873. The van der Waals surface area contributed by atoms with Crippen molar-refractivity contribution in [1.82, 2.24) is 10.3 Å². The SMILES string of the molecule is Cc1cc2cc(CNC(=S)Nc3ccc(Cl)c(Cl)c3)ccc2[nH]1. The van der Waals surface area contributed by atoms with Crippen LogP contribution in [-0.2, 0) is 6.54 Å². The third kappa shape index (κ3) is 3.96. The van der Waals surface area contributed by atoms with E-state index in [1.54, 1.807) is 12.1 Å². The maximum Gasteiger partial charge on any atom is 0.171 e. The summed E-state index contributed by atoms with van der Waals surface area (Å²) in [4.78, 5) is 3.31. The summed E-state index contributed by atoms with van der Waals surface area (Å²) in [6, 6.07) is 13.7. The highest BCUT2D eigenvalue weighted by molar-refractivity contribution is 7.80. The minimum atomic E-state index is 0.493. The van der Waals surface area contributed by atoms with Gasteiger partial charge in [0.15, 0.2) is 5.11 Å². The van der Waals surface area contributed by atoms with Gasteiger partial charge in [-0.1, -0.05) is 29.3 Å². The molecule has 1 heterocycles. The largest absolute Gasteiger partial charge is 0.359 e. The van der Waals surface area contributed by atoms with Crippen molar-refractivity contribution in [1.29, 1.82) is 0 Å². The van der Waals surface area contributed by atoms with Gasteiger partial charge in [0.25, 0.3) is 0 Å². The van der Waals surface area contributed by atoms with Crippen LogP contribution in [0.1, 0.15) is 11.3 Å². The van der Waals surface area contributed by atoms with Gasteiger partial charge in [0, 0.05) is 23.4 Å². The highest BCUT2D eigenvalue weighted by Crippen LogP contribution is 2.25. The molecule has 0 radical (unpaired) electrons. The van der Waals surface area contributed by atoms with E-state index in [0.717, 1.165) is 22.5 Å². The normalized spacial score (nSPS) is 10.7. The maximum atomic E-state index is 5.99. The monoisotopic (exact) mass is 363 g/mol. The maximum absolute atomic E-state index is 5.99. The van der Waals surface area contributed by atoms with Crippen molar-refractivity contribution in [3.05, 3.63) is 63.8 Å². The summed E-state index contributed by atoms with van der Waals surface area (Å²) in [7, 11) is 0. The Morgan fingerprint density at radius 3 is 2.70 bits per heavy atom. The number of halogens is 2. The molecule has 0 fully saturated rings. The van der Waals surface area contributed by atoms with Crippen LogP contribution in [0.15, 0.2) is 42.5 Å². The van der Waals surface area contributed by atoms with Crippen molar-refractivity contribution < 1.29 is 0 Å². The molecule has 0 aliphatic heterocycles. The molecular weight excluding hydrogens is 349 g/mol. The Balaban J connectivity index is 1.62. The van der Waals surface area contributed by atoms with Crippen LogP contribution in [0.5, 0.6) is 0 Å².